The third kappa shape index (κ3) is 4.51. The maximum atomic E-state index is 12.8. The van der Waals surface area contributed by atoms with Crippen molar-refractivity contribution < 1.29 is 14.4 Å². The standard InChI is InChI=1S/C23H25N3O3S/c27-17-24-12-14-25(15-13-24)22(29)19-6-8-20(9-7-19)23-26(21(28)16-30-23)11-10-18-4-2-1-3-5-18/h1-9,17,23H,10-16H2/t23-/m1/s1. The Morgan fingerprint density at radius 2 is 1.70 bits per heavy atom. The average Bonchev–Trinajstić information content (AvgIpc) is 3.18. The molecule has 2 aromatic carbocycles. The van der Waals surface area contributed by atoms with Crippen LogP contribution in [-0.2, 0) is 16.0 Å². The fourth-order valence-electron chi connectivity index (χ4n) is 3.87. The first-order chi connectivity index (χ1) is 14.7. The Labute approximate surface area is 180 Å². The number of amides is 3. The van der Waals surface area contributed by atoms with Crippen molar-refractivity contribution in [1.82, 2.24) is 14.7 Å². The van der Waals surface area contributed by atoms with Gasteiger partial charge in [-0.15, -0.1) is 11.8 Å². The number of nitrogens with zero attached hydrogens (tertiary/aromatic N) is 3. The number of hydrogen-bond acceptors (Lipinski definition) is 4. The SMILES string of the molecule is O=CN1CCN(C(=O)c2ccc([C@H]3SCC(=O)N3CCc3ccccc3)cc2)CC1. The summed E-state index contributed by atoms with van der Waals surface area (Å²) in [5.74, 6) is 0.638. The topological polar surface area (TPSA) is 60.9 Å². The van der Waals surface area contributed by atoms with E-state index in [2.05, 4.69) is 12.1 Å². The first kappa shape index (κ1) is 20.5. The molecule has 3 amide bonds. The van der Waals surface area contributed by atoms with Crippen molar-refractivity contribution in [2.45, 2.75) is 11.8 Å². The number of thioether (sulfide) groups is 1. The molecule has 0 unspecified atom stereocenters. The van der Waals surface area contributed by atoms with Gasteiger partial charge in [-0.2, -0.15) is 0 Å². The summed E-state index contributed by atoms with van der Waals surface area (Å²) in [6.07, 6.45) is 1.66. The van der Waals surface area contributed by atoms with Gasteiger partial charge in [-0.25, -0.2) is 0 Å². The molecule has 2 saturated heterocycles. The molecule has 0 aromatic heterocycles. The van der Waals surface area contributed by atoms with E-state index in [-0.39, 0.29) is 17.2 Å². The minimum absolute atomic E-state index is 0.0109. The van der Waals surface area contributed by atoms with Gasteiger partial charge in [-0.3, -0.25) is 14.4 Å². The fourth-order valence-corrected chi connectivity index (χ4v) is 5.09. The molecule has 2 fully saturated rings. The van der Waals surface area contributed by atoms with Gasteiger partial charge < -0.3 is 14.7 Å². The van der Waals surface area contributed by atoms with Crippen LogP contribution in [0, 0.1) is 0 Å². The summed E-state index contributed by atoms with van der Waals surface area (Å²) < 4.78 is 0. The molecule has 7 heteroatoms. The predicted molar refractivity (Wildman–Crippen MR) is 117 cm³/mol. The molecule has 4 rings (SSSR count). The summed E-state index contributed by atoms with van der Waals surface area (Å²) in [4.78, 5) is 41.4. The van der Waals surface area contributed by atoms with Crippen molar-refractivity contribution >= 4 is 30.0 Å². The van der Waals surface area contributed by atoms with Crippen LogP contribution in [0.3, 0.4) is 0 Å². The Bertz CT molecular complexity index is 896. The number of carbonyl (C=O) groups excluding carboxylic acids is 3. The maximum Gasteiger partial charge on any atom is 0.253 e. The van der Waals surface area contributed by atoms with Crippen molar-refractivity contribution in [3.05, 3.63) is 71.3 Å². The molecule has 0 saturated carbocycles. The van der Waals surface area contributed by atoms with Crippen LogP contribution >= 0.6 is 11.8 Å². The minimum Gasteiger partial charge on any atom is -0.342 e. The van der Waals surface area contributed by atoms with Crippen LogP contribution in [0.4, 0.5) is 0 Å². The first-order valence-electron chi connectivity index (χ1n) is 10.2. The lowest BCUT2D eigenvalue weighted by Crippen LogP contribution is -2.48. The Kier molecular flexibility index (Phi) is 6.38. The molecule has 30 heavy (non-hydrogen) atoms. The van der Waals surface area contributed by atoms with Gasteiger partial charge in [-0.1, -0.05) is 42.5 Å². The lowest BCUT2D eigenvalue weighted by molar-refractivity contribution is -0.128. The Morgan fingerprint density at radius 3 is 2.37 bits per heavy atom. The molecule has 156 valence electrons. The molecule has 0 radical (unpaired) electrons. The second kappa shape index (κ2) is 9.34. The van der Waals surface area contributed by atoms with Crippen LogP contribution in [0.15, 0.2) is 54.6 Å². The zero-order valence-electron chi connectivity index (χ0n) is 16.8. The van der Waals surface area contributed by atoms with Crippen LogP contribution < -0.4 is 0 Å². The van der Waals surface area contributed by atoms with Crippen molar-refractivity contribution in [1.29, 1.82) is 0 Å². The van der Waals surface area contributed by atoms with Crippen molar-refractivity contribution in [3.63, 3.8) is 0 Å². The zero-order valence-corrected chi connectivity index (χ0v) is 17.6. The van der Waals surface area contributed by atoms with Crippen LogP contribution in [0.1, 0.15) is 26.9 Å². The second-order valence-electron chi connectivity index (χ2n) is 7.54. The normalized spacial score (nSPS) is 19.3. The average molecular weight is 424 g/mol. The molecule has 0 N–H and O–H groups in total. The van der Waals surface area contributed by atoms with Crippen LogP contribution in [0.25, 0.3) is 0 Å². The van der Waals surface area contributed by atoms with Gasteiger partial charge in [0.2, 0.25) is 12.3 Å². The molecule has 2 aliphatic heterocycles. The molecule has 1 atom stereocenters. The number of rotatable bonds is 6. The highest BCUT2D eigenvalue weighted by molar-refractivity contribution is 8.00. The quantitative estimate of drug-likeness (QED) is 0.670. The summed E-state index contributed by atoms with van der Waals surface area (Å²) in [6.45, 7) is 2.94. The molecule has 0 aliphatic carbocycles. The highest BCUT2D eigenvalue weighted by atomic mass is 32.2. The van der Waals surface area contributed by atoms with E-state index in [4.69, 9.17) is 0 Å². The Morgan fingerprint density at radius 1 is 1.00 bits per heavy atom. The second-order valence-corrected chi connectivity index (χ2v) is 8.61. The van der Waals surface area contributed by atoms with Gasteiger partial charge in [0.1, 0.15) is 5.37 Å². The van der Waals surface area contributed by atoms with E-state index in [9.17, 15) is 14.4 Å². The molecule has 2 aromatic rings. The van der Waals surface area contributed by atoms with Gasteiger partial charge in [0.05, 0.1) is 5.75 Å². The van der Waals surface area contributed by atoms with E-state index in [1.54, 1.807) is 21.6 Å². The Balaban J connectivity index is 1.40. The van der Waals surface area contributed by atoms with Gasteiger partial charge in [-0.05, 0) is 29.7 Å². The predicted octanol–water partition coefficient (Wildman–Crippen LogP) is 2.42. The van der Waals surface area contributed by atoms with Crippen LogP contribution in [0.5, 0.6) is 0 Å². The smallest absolute Gasteiger partial charge is 0.253 e. The van der Waals surface area contributed by atoms with Crippen LogP contribution in [0.2, 0.25) is 0 Å². The van der Waals surface area contributed by atoms with Gasteiger partial charge >= 0.3 is 0 Å². The Hall–Kier alpha value is -2.80. The van der Waals surface area contributed by atoms with E-state index in [1.807, 2.05) is 47.4 Å². The van der Waals surface area contributed by atoms with Gasteiger partial charge in [0, 0.05) is 38.3 Å². The van der Waals surface area contributed by atoms with Crippen molar-refractivity contribution in [2.24, 2.45) is 0 Å². The van der Waals surface area contributed by atoms with E-state index < -0.39 is 0 Å². The third-order valence-electron chi connectivity index (χ3n) is 5.65. The number of piperazine rings is 1. The number of carbonyl (C=O) groups is 3. The van der Waals surface area contributed by atoms with Crippen molar-refractivity contribution in [3.8, 4) is 0 Å². The summed E-state index contributed by atoms with van der Waals surface area (Å²) in [5.41, 5.74) is 2.90. The lowest BCUT2D eigenvalue weighted by atomic mass is 10.1. The highest BCUT2D eigenvalue weighted by Crippen LogP contribution is 2.38. The largest absolute Gasteiger partial charge is 0.342 e. The van der Waals surface area contributed by atoms with Gasteiger partial charge in [0.15, 0.2) is 0 Å². The van der Waals surface area contributed by atoms with E-state index in [0.29, 0.717) is 44.0 Å². The number of benzene rings is 2. The minimum atomic E-state index is -0.0125. The molecular weight excluding hydrogens is 398 g/mol. The van der Waals surface area contributed by atoms with Gasteiger partial charge in [0.25, 0.3) is 5.91 Å². The molecule has 6 nitrogen and oxygen atoms in total. The zero-order chi connectivity index (χ0) is 20.9. The monoisotopic (exact) mass is 423 g/mol. The number of hydrogen-bond donors (Lipinski definition) is 0. The fraction of sp³-hybridized carbons (Fsp3) is 0.348. The summed E-state index contributed by atoms with van der Waals surface area (Å²) >= 11 is 1.63. The van der Waals surface area contributed by atoms with E-state index in [1.165, 1.54) is 5.56 Å². The summed E-state index contributed by atoms with van der Waals surface area (Å²) in [7, 11) is 0. The lowest BCUT2D eigenvalue weighted by Gasteiger charge is -2.32. The van der Waals surface area contributed by atoms with Crippen molar-refractivity contribution in [2.75, 3.05) is 38.5 Å². The first-order valence-corrected chi connectivity index (χ1v) is 11.2. The molecule has 2 aliphatic rings. The molecule has 0 bridgehead atoms. The molecular formula is C23H25N3O3S. The molecule has 0 spiro atoms. The highest BCUT2D eigenvalue weighted by Gasteiger charge is 2.32. The van der Waals surface area contributed by atoms with E-state index >= 15 is 0 Å². The summed E-state index contributed by atoms with van der Waals surface area (Å²) in [5, 5.41) is -0.0125. The van der Waals surface area contributed by atoms with Crippen LogP contribution in [-0.4, -0.2) is 71.4 Å². The molecule has 2 heterocycles. The van der Waals surface area contributed by atoms with E-state index in [0.717, 1.165) is 18.4 Å². The summed E-state index contributed by atoms with van der Waals surface area (Å²) in [6, 6.07) is 17.8. The third-order valence-corrected chi connectivity index (χ3v) is 6.90. The maximum absolute atomic E-state index is 12.8.